The van der Waals surface area contributed by atoms with Gasteiger partial charge in [-0.2, -0.15) is 5.10 Å². The fraction of sp³-hybridized carbons (Fsp3) is 0.375. The van der Waals surface area contributed by atoms with E-state index in [1.165, 1.54) is 12.1 Å². The molecule has 0 unspecified atom stereocenters. The molecule has 168 valence electrons. The summed E-state index contributed by atoms with van der Waals surface area (Å²) in [5, 5.41) is 3.78. The smallest absolute Gasteiger partial charge is 0.181 e. The first-order chi connectivity index (χ1) is 15.3. The predicted octanol–water partition coefficient (Wildman–Crippen LogP) is 4.17. The van der Waals surface area contributed by atoms with Gasteiger partial charge in [0.2, 0.25) is 0 Å². The number of benzene rings is 1. The Hall–Kier alpha value is -2.87. The number of ketones is 1. The molecule has 3 aromatic rings. The lowest BCUT2D eigenvalue weighted by Gasteiger charge is -2.19. The van der Waals surface area contributed by atoms with Crippen LogP contribution in [0.25, 0.3) is 5.69 Å². The molecule has 1 aliphatic carbocycles. The maximum absolute atomic E-state index is 13.2. The monoisotopic (exact) mass is 455 g/mol. The Bertz CT molecular complexity index is 1220. The molecule has 1 aromatic carbocycles. The molecule has 0 radical (unpaired) electrons. The molecule has 0 N–H and O–H groups in total. The summed E-state index contributed by atoms with van der Waals surface area (Å²) < 4.78 is 41.1. The number of carbonyl (C=O) groups excluding carboxylic acids is 1. The van der Waals surface area contributed by atoms with Gasteiger partial charge in [0.25, 0.3) is 0 Å². The van der Waals surface area contributed by atoms with Crippen molar-refractivity contribution in [3.63, 3.8) is 0 Å². The molecular weight excluding hydrogens is 429 g/mol. The van der Waals surface area contributed by atoms with E-state index in [1.54, 1.807) is 10.9 Å². The van der Waals surface area contributed by atoms with Gasteiger partial charge < -0.3 is 0 Å². The molecule has 0 aliphatic heterocycles. The van der Waals surface area contributed by atoms with Crippen molar-refractivity contribution < 1.29 is 17.6 Å². The normalized spacial score (nSPS) is 18.7. The predicted molar refractivity (Wildman–Crippen MR) is 119 cm³/mol. The summed E-state index contributed by atoms with van der Waals surface area (Å²) in [5.74, 6) is -1.05. The van der Waals surface area contributed by atoms with Crippen LogP contribution in [0, 0.1) is 25.6 Å². The minimum atomic E-state index is -3.69. The quantitative estimate of drug-likeness (QED) is 0.500. The first kappa shape index (κ1) is 22.3. The van der Waals surface area contributed by atoms with Gasteiger partial charge in [0.1, 0.15) is 11.6 Å². The lowest BCUT2D eigenvalue weighted by molar-refractivity contribution is -0.122. The third kappa shape index (κ3) is 4.50. The molecular formula is C24H26FN3O3S. The van der Waals surface area contributed by atoms with Crippen molar-refractivity contribution in [2.24, 2.45) is 5.92 Å². The standard InChI is InChI=1S/C24H26FN3O3S/c1-16-6-10-20(14-26-16)28-15-18(17(2)27-28)7-13-23(29)22-4-3-5-24(22)32(30,31)21-11-8-19(25)9-12-21/h6,8-12,14-15,22,24H,3-5,7,13H2,1-2H3/t22-,24-/m0/s1. The number of aromatic nitrogens is 3. The topological polar surface area (TPSA) is 81.9 Å². The number of hydrogen-bond donors (Lipinski definition) is 0. The van der Waals surface area contributed by atoms with Crippen molar-refractivity contribution in [3.8, 4) is 5.69 Å². The van der Waals surface area contributed by atoms with Gasteiger partial charge in [0.05, 0.1) is 27.7 Å². The average molecular weight is 456 g/mol. The van der Waals surface area contributed by atoms with Gasteiger partial charge in [-0.3, -0.25) is 9.78 Å². The highest BCUT2D eigenvalue weighted by atomic mass is 32.2. The lowest BCUT2D eigenvalue weighted by Crippen LogP contribution is -2.31. The summed E-state index contributed by atoms with van der Waals surface area (Å²) in [6.07, 6.45) is 6.13. The maximum Gasteiger partial charge on any atom is 0.181 e. The van der Waals surface area contributed by atoms with Gasteiger partial charge in [0.15, 0.2) is 9.84 Å². The summed E-state index contributed by atoms with van der Waals surface area (Å²) in [6, 6.07) is 8.69. The number of Topliss-reactive ketones (excluding diaryl/α,β-unsaturated/α-hetero) is 1. The van der Waals surface area contributed by atoms with Crippen molar-refractivity contribution >= 4 is 15.6 Å². The van der Waals surface area contributed by atoms with Crippen LogP contribution in [0.4, 0.5) is 4.39 Å². The van der Waals surface area contributed by atoms with E-state index >= 15 is 0 Å². The molecule has 8 heteroatoms. The zero-order valence-electron chi connectivity index (χ0n) is 18.2. The Labute approximate surface area is 187 Å². The molecule has 2 heterocycles. The van der Waals surface area contributed by atoms with Gasteiger partial charge in [-0.25, -0.2) is 17.5 Å². The highest BCUT2D eigenvalue weighted by Crippen LogP contribution is 2.36. The molecule has 0 spiro atoms. The number of pyridine rings is 1. The fourth-order valence-electron chi connectivity index (χ4n) is 4.38. The molecule has 1 fully saturated rings. The molecule has 2 aromatic heterocycles. The Kier molecular flexibility index (Phi) is 6.24. The average Bonchev–Trinajstić information content (AvgIpc) is 3.40. The van der Waals surface area contributed by atoms with Gasteiger partial charge in [-0.1, -0.05) is 6.42 Å². The van der Waals surface area contributed by atoms with Crippen molar-refractivity contribution in [3.05, 3.63) is 71.6 Å². The summed E-state index contributed by atoms with van der Waals surface area (Å²) in [6.45, 7) is 3.82. The Morgan fingerprint density at radius 2 is 1.88 bits per heavy atom. The van der Waals surface area contributed by atoms with E-state index in [1.807, 2.05) is 32.2 Å². The fourth-order valence-corrected chi connectivity index (χ4v) is 6.44. The van der Waals surface area contributed by atoms with E-state index in [-0.39, 0.29) is 17.1 Å². The highest BCUT2D eigenvalue weighted by Gasteiger charge is 2.41. The van der Waals surface area contributed by atoms with Gasteiger partial charge in [-0.15, -0.1) is 0 Å². The molecule has 2 atom stereocenters. The van der Waals surface area contributed by atoms with Crippen LogP contribution in [0.15, 0.2) is 53.7 Å². The van der Waals surface area contributed by atoms with Crippen LogP contribution in [0.3, 0.4) is 0 Å². The van der Waals surface area contributed by atoms with E-state index in [2.05, 4.69) is 10.1 Å². The zero-order chi connectivity index (χ0) is 22.9. The first-order valence-electron chi connectivity index (χ1n) is 10.8. The van der Waals surface area contributed by atoms with Crippen molar-refractivity contribution in [2.45, 2.75) is 56.1 Å². The Balaban J connectivity index is 1.46. The molecule has 1 saturated carbocycles. The van der Waals surface area contributed by atoms with Crippen LogP contribution >= 0.6 is 0 Å². The minimum absolute atomic E-state index is 0.0395. The number of hydrogen-bond acceptors (Lipinski definition) is 5. The molecule has 1 aliphatic rings. The number of aryl methyl sites for hydroxylation is 3. The zero-order valence-corrected chi connectivity index (χ0v) is 19.0. The molecule has 32 heavy (non-hydrogen) atoms. The second kappa shape index (κ2) is 8.94. The van der Waals surface area contributed by atoms with E-state index in [0.717, 1.165) is 34.8 Å². The number of sulfone groups is 1. The molecule has 0 bridgehead atoms. The van der Waals surface area contributed by atoms with E-state index in [4.69, 9.17) is 0 Å². The van der Waals surface area contributed by atoms with Gasteiger partial charge in [-0.05, 0) is 75.1 Å². The summed E-state index contributed by atoms with van der Waals surface area (Å²) >= 11 is 0. The molecule has 0 saturated heterocycles. The first-order valence-corrected chi connectivity index (χ1v) is 12.3. The highest BCUT2D eigenvalue weighted by molar-refractivity contribution is 7.92. The van der Waals surface area contributed by atoms with Gasteiger partial charge >= 0.3 is 0 Å². The van der Waals surface area contributed by atoms with Crippen LogP contribution in [-0.2, 0) is 21.1 Å². The number of carbonyl (C=O) groups is 1. The van der Waals surface area contributed by atoms with E-state index < -0.39 is 26.8 Å². The van der Waals surface area contributed by atoms with Crippen LogP contribution in [0.2, 0.25) is 0 Å². The summed E-state index contributed by atoms with van der Waals surface area (Å²) in [7, 11) is -3.69. The number of halogens is 1. The third-order valence-corrected chi connectivity index (χ3v) is 8.50. The van der Waals surface area contributed by atoms with Crippen molar-refractivity contribution in [2.75, 3.05) is 0 Å². The second-order valence-corrected chi connectivity index (χ2v) is 10.6. The van der Waals surface area contributed by atoms with Crippen LogP contribution in [-0.4, -0.2) is 34.2 Å². The Morgan fingerprint density at radius 3 is 2.56 bits per heavy atom. The second-order valence-electron chi connectivity index (χ2n) is 8.38. The third-order valence-electron chi connectivity index (χ3n) is 6.21. The van der Waals surface area contributed by atoms with Crippen molar-refractivity contribution in [1.82, 2.24) is 14.8 Å². The van der Waals surface area contributed by atoms with Crippen molar-refractivity contribution in [1.29, 1.82) is 0 Å². The SMILES string of the molecule is Cc1ccc(-n2cc(CCC(=O)[C@@H]3CCC[C@@H]3S(=O)(=O)c3ccc(F)cc3)c(C)n2)cn1. The molecule has 6 nitrogen and oxygen atoms in total. The number of rotatable bonds is 7. The minimum Gasteiger partial charge on any atom is -0.299 e. The van der Waals surface area contributed by atoms with Crippen LogP contribution in [0.1, 0.15) is 42.6 Å². The van der Waals surface area contributed by atoms with Crippen LogP contribution < -0.4 is 0 Å². The molecule has 0 amide bonds. The van der Waals surface area contributed by atoms with E-state index in [0.29, 0.717) is 25.7 Å². The Morgan fingerprint density at radius 1 is 1.12 bits per heavy atom. The summed E-state index contributed by atoms with van der Waals surface area (Å²) in [4.78, 5) is 17.4. The number of nitrogens with zero attached hydrogens (tertiary/aromatic N) is 3. The summed E-state index contributed by atoms with van der Waals surface area (Å²) in [5.41, 5.74) is 3.55. The molecule has 4 rings (SSSR count). The largest absolute Gasteiger partial charge is 0.299 e. The lowest BCUT2D eigenvalue weighted by atomic mass is 9.97. The maximum atomic E-state index is 13.2. The van der Waals surface area contributed by atoms with E-state index in [9.17, 15) is 17.6 Å². The van der Waals surface area contributed by atoms with Gasteiger partial charge in [0, 0.05) is 24.2 Å². The van der Waals surface area contributed by atoms with Crippen LogP contribution in [0.5, 0.6) is 0 Å².